The number of benzene rings is 3. The van der Waals surface area contributed by atoms with E-state index in [1.54, 1.807) is 36.4 Å². The van der Waals surface area contributed by atoms with Crippen molar-refractivity contribution in [1.82, 2.24) is 0 Å². The molecule has 0 amide bonds. The summed E-state index contributed by atoms with van der Waals surface area (Å²) in [6.45, 7) is 5.88. The third kappa shape index (κ3) is 3.10. The molecule has 0 spiro atoms. The first-order chi connectivity index (χ1) is 11.9. The van der Waals surface area contributed by atoms with Gasteiger partial charge in [0.25, 0.3) is 0 Å². The molecule has 3 aromatic rings. The van der Waals surface area contributed by atoms with Crippen LogP contribution in [0.5, 0.6) is 0 Å². The summed E-state index contributed by atoms with van der Waals surface area (Å²) >= 11 is 0. The molecule has 0 fully saturated rings. The lowest BCUT2D eigenvalue weighted by Gasteiger charge is -2.22. The van der Waals surface area contributed by atoms with E-state index in [2.05, 4.69) is 0 Å². The zero-order valence-electron chi connectivity index (χ0n) is 14.7. The fourth-order valence-electron chi connectivity index (χ4n) is 3.42. The summed E-state index contributed by atoms with van der Waals surface area (Å²) in [5.74, 6) is 0. The van der Waals surface area contributed by atoms with Crippen molar-refractivity contribution in [1.29, 1.82) is 0 Å². The fraction of sp³-hybridized carbons (Fsp3) is 0.136. The van der Waals surface area contributed by atoms with E-state index >= 15 is 0 Å². The van der Waals surface area contributed by atoms with Crippen molar-refractivity contribution in [2.45, 2.75) is 20.8 Å². The summed E-state index contributed by atoms with van der Waals surface area (Å²) in [6, 6.07) is 22.0. The van der Waals surface area contributed by atoms with Crippen molar-refractivity contribution in [3.05, 3.63) is 95.1 Å². The maximum Gasteiger partial charge on any atom is 0.230 e. The summed E-state index contributed by atoms with van der Waals surface area (Å²) in [7, 11) is -3.47. The van der Waals surface area contributed by atoms with Crippen molar-refractivity contribution in [3.8, 4) is 0 Å². The Morgan fingerprint density at radius 1 is 0.760 bits per heavy atom. The molecule has 126 valence electrons. The zero-order valence-corrected chi connectivity index (χ0v) is 15.6. The van der Waals surface area contributed by atoms with Crippen molar-refractivity contribution in [3.63, 3.8) is 0 Å². The van der Waals surface area contributed by atoms with Gasteiger partial charge in [-0.3, -0.25) is 4.79 Å². The molecule has 3 aromatic carbocycles. The number of aryl methyl sites for hydroxylation is 3. The lowest BCUT2D eigenvalue weighted by molar-refractivity contribution is 0.107. The van der Waals surface area contributed by atoms with Gasteiger partial charge in [-0.25, -0.2) is 0 Å². The molecule has 25 heavy (non-hydrogen) atoms. The van der Waals surface area contributed by atoms with E-state index in [4.69, 9.17) is 0 Å². The number of rotatable bonds is 4. The lowest BCUT2D eigenvalue weighted by Crippen LogP contribution is -2.26. The summed E-state index contributed by atoms with van der Waals surface area (Å²) in [5.41, 5.74) is 3.07. The van der Waals surface area contributed by atoms with Crippen LogP contribution in [0.25, 0.3) is 0 Å². The van der Waals surface area contributed by atoms with Gasteiger partial charge in [-0.05, 0) is 31.9 Å². The molecule has 0 heterocycles. The highest BCUT2D eigenvalue weighted by molar-refractivity contribution is 7.93. The van der Waals surface area contributed by atoms with Gasteiger partial charge in [0.1, 0.15) is 0 Å². The molecular formula is C22H21O2P. The molecule has 1 atom stereocenters. The van der Waals surface area contributed by atoms with E-state index in [0.717, 1.165) is 16.7 Å². The quantitative estimate of drug-likeness (QED) is 0.637. The van der Waals surface area contributed by atoms with Crippen LogP contribution < -0.4 is 10.6 Å². The number of carbonyl (C=O) groups is 1. The van der Waals surface area contributed by atoms with Crippen LogP contribution in [-0.4, -0.2) is 5.52 Å². The molecule has 0 aromatic heterocycles. The third-order valence-electron chi connectivity index (χ3n) is 4.38. The SMILES string of the molecule is Cc1cc(C)c(P(=O)(C(=O)c2ccccc2)c2ccccc2)c(C)c1. The predicted molar refractivity (Wildman–Crippen MR) is 105 cm³/mol. The van der Waals surface area contributed by atoms with Gasteiger partial charge < -0.3 is 4.57 Å². The van der Waals surface area contributed by atoms with E-state index in [-0.39, 0.29) is 5.52 Å². The standard InChI is InChI=1S/C22H21O2P/c1-16-14-17(2)21(18(3)15-16)25(24,20-12-8-5-9-13-20)22(23)19-10-6-4-7-11-19/h4-15H,1-3H3. The van der Waals surface area contributed by atoms with Gasteiger partial charge >= 0.3 is 0 Å². The van der Waals surface area contributed by atoms with Gasteiger partial charge in [0, 0.05) is 16.2 Å². The Bertz CT molecular complexity index is 937. The van der Waals surface area contributed by atoms with Crippen LogP contribution in [0.3, 0.4) is 0 Å². The first-order valence-corrected chi connectivity index (χ1v) is 9.99. The average molecular weight is 348 g/mol. The highest BCUT2D eigenvalue weighted by Gasteiger charge is 2.38. The highest BCUT2D eigenvalue weighted by Crippen LogP contribution is 2.48. The van der Waals surface area contributed by atoms with Gasteiger partial charge in [0.2, 0.25) is 12.7 Å². The third-order valence-corrected chi connectivity index (χ3v) is 7.57. The second-order valence-corrected chi connectivity index (χ2v) is 8.95. The van der Waals surface area contributed by atoms with Gasteiger partial charge in [-0.1, -0.05) is 78.4 Å². The molecular weight excluding hydrogens is 327 g/mol. The van der Waals surface area contributed by atoms with Gasteiger partial charge in [-0.15, -0.1) is 0 Å². The van der Waals surface area contributed by atoms with Gasteiger partial charge in [0.15, 0.2) is 0 Å². The molecule has 0 bridgehead atoms. The molecule has 0 aliphatic carbocycles. The molecule has 0 radical (unpaired) electrons. The van der Waals surface area contributed by atoms with E-state index in [1.807, 2.05) is 57.2 Å². The largest absolute Gasteiger partial charge is 0.305 e. The highest BCUT2D eigenvalue weighted by atomic mass is 31.2. The van der Waals surface area contributed by atoms with Crippen molar-refractivity contribution in [2.24, 2.45) is 0 Å². The fourth-order valence-corrected chi connectivity index (χ4v) is 6.34. The molecule has 3 rings (SSSR count). The molecule has 2 nitrogen and oxygen atoms in total. The predicted octanol–water partition coefficient (Wildman–Crippen LogP) is 4.77. The van der Waals surface area contributed by atoms with Crippen LogP contribution in [-0.2, 0) is 4.57 Å². The Balaban J connectivity index is 2.32. The molecule has 0 saturated carbocycles. The average Bonchev–Trinajstić information content (AvgIpc) is 2.61. The molecule has 0 aliphatic heterocycles. The number of hydrogen-bond acceptors (Lipinski definition) is 2. The van der Waals surface area contributed by atoms with Crippen LogP contribution in [0.2, 0.25) is 0 Å². The Labute approximate surface area is 148 Å². The Hall–Kier alpha value is -2.44. The summed E-state index contributed by atoms with van der Waals surface area (Å²) in [6.07, 6.45) is 0. The monoisotopic (exact) mass is 348 g/mol. The van der Waals surface area contributed by atoms with Crippen molar-refractivity contribution >= 4 is 23.3 Å². The van der Waals surface area contributed by atoms with Gasteiger partial charge in [-0.2, -0.15) is 0 Å². The zero-order chi connectivity index (χ0) is 18.0. The van der Waals surface area contributed by atoms with Crippen LogP contribution in [0, 0.1) is 20.8 Å². The number of hydrogen-bond donors (Lipinski definition) is 0. The maximum atomic E-state index is 14.3. The second kappa shape index (κ2) is 6.82. The van der Waals surface area contributed by atoms with Gasteiger partial charge in [0.05, 0.1) is 0 Å². The first-order valence-electron chi connectivity index (χ1n) is 8.28. The smallest absolute Gasteiger partial charge is 0.230 e. The van der Waals surface area contributed by atoms with Crippen LogP contribution in [0.4, 0.5) is 0 Å². The Morgan fingerprint density at radius 3 is 1.76 bits per heavy atom. The van der Waals surface area contributed by atoms with Crippen molar-refractivity contribution in [2.75, 3.05) is 0 Å². The molecule has 3 heteroatoms. The summed E-state index contributed by atoms with van der Waals surface area (Å²) < 4.78 is 14.3. The van der Waals surface area contributed by atoms with Crippen molar-refractivity contribution < 1.29 is 9.36 Å². The summed E-state index contributed by atoms with van der Waals surface area (Å²) in [4.78, 5) is 13.4. The van der Waals surface area contributed by atoms with Crippen LogP contribution in [0.15, 0.2) is 72.8 Å². The van der Waals surface area contributed by atoms with E-state index in [0.29, 0.717) is 16.2 Å². The normalized spacial score (nSPS) is 13.2. The lowest BCUT2D eigenvalue weighted by atomic mass is 10.1. The summed E-state index contributed by atoms with van der Waals surface area (Å²) in [5, 5.41) is 1.25. The van der Waals surface area contributed by atoms with E-state index < -0.39 is 7.14 Å². The van der Waals surface area contributed by atoms with Crippen LogP contribution in [0.1, 0.15) is 27.0 Å². The Kier molecular flexibility index (Phi) is 4.74. The molecule has 1 unspecified atom stereocenters. The minimum absolute atomic E-state index is 0.311. The molecule has 0 saturated heterocycles. The minimum Gasteiger partial charge on any atom is -0.305 e. The maximum absolute atomic E-state index is 14.3. The minimum atomic E-state index is -3.47. The van der Waals surface area contributed by atoms with E-state index in [9.17, 15) is 9.36 Å². The second-order valence-electron chi connectivity index (χ2n) is 6.36. The van der Waals surface area contributed by atoms with Crippen LogP contribution >= 0.6 is 7.14 Å². The van der Waals surface area contributed by atoms with E-state index in [1.165, 1.54) is 0 Å². The topological polar surface area (TPSA) is 34.1 Å². The molecule has 0 N–H and O–H groups in total. The first kappa shape index (κ1) is 17.4. The number of carbonyl (C=O) groups excluding carboxylic acids is 1. The Morgan fingerprint density at radius 2 is 1.24 bits per heavy atom. The molecule has 0 aliphatic rings.